The van der Waals surface area contributed by atoms with Gasteiger partial charge in [0.1, 0.15) is 0 Å². The minimum atomic E-state index is -0.243. The first-order chi connectivity index (χ1) is 8.00. The molecule has 0 spiro atoms. The fraction of sp³-hybridized carbons (Fsp3) is 0.364. The summed E-state index contributed by atoms with van der Waals surface area (Å²) in [5.41, 5.74) is 3.53. The van der Waals surface area contributed by atoms with E-state index in [0.29, 0.717) is 17.1 Å². The van der Waals surface area contributed by atoms with Crippen LogP contribution in [0.4, 0.5) is 5.88 Å². The zero-order valence-corrected chi connectivity index (χ0v) is 10.2. The molecular formula is C11H14N4O2. The number of carbonyl (C=O) groups is 1. The SMILES string of the molecule is Cc1noc(NC(=O)c2c(C)n[nH]c2C)c1C. The van der Waals surface area contributed by atoms with Gasteiger partial charge in [0.15, 0.2) is 0 Å². The van der Waals surface area contributed by atoms with Gasteiger partial charge in [-0.05, 0) is 27.7 Å². The second-order valence-electron chi connectivity index (χ2n) is 3.99. The lowest BCUT2D eigenvalue weighted by Crippen LogP contribution is -2.13. The van der Waals surface area contributed by atoms with E-state index in [1.54, 1.807) is 13.8 Å². The lowest BCUT2D eigenvalue weighted by molar-refractivity contribution is 0.102. The molecule has 2 heterocycles. The van der Waals surface area contributed by atoms with Crippen molar-refractivity contribution in [1.29, 1.82) is 0 Å². The number of nitrogens with zero attached hydrogens (tertiary/aromatic N) is 2. The number of nitrogens with one attached hydrogen (secondary N) is 2. The second kappa shape index (κ2) is 4.04. The molecule has 90 valence electrons. The molecule has 0 atom stereocenters. The van der Waals surface area contributed by atoms with E-state index in [4.69, 9.17) is 4.52 Å². The molecule has 17 heavy (non-hydrogen) atoms. The molecule has 0 aromatic carbocycles. The third kappa shape index (κ3) is 1.93. The van der Waals surface area contributed by atoms with Gasteiger partial charge in [-0.1, -0.05) is 5.16 Å². The van der Waals surface area contributed by atoms with Crippen molar-refractivity contribution in [2.24, 2.45) is 0 Å². The first-order valence-electron chi connectivity index (χ1n) is 5.26. The molecule has 6 heteroatoms. The maximum atomic E-state index is 12.0. The standard InChI is InChI=1S/C11H14N4O2/c1-5-6(2)15-17-11(5)12-10(16)9-7(3)13-14-8(9)4/h1-4H3,(H,12,16)(H,13,14). The number of amides is 1. The maximum Gasteiger partial charge on any atom is 0.261 e. The summed E-state index contributed by atoms with van der Waals surface area (Å²) in [4.78, 5) is 12.0. The van der Waals surface area contributed by atoms with Gasteiger partial charge >= 0.3 is 0 Å². The van der Waals surface area contributed by atoms with E-state index < -0.39 is 0 Å². The molecule has 0 bridgehead atoms. The zero-order valence-electron chi connectivity index (χ0n) is 10.2. The number of hydrogen-bond acceptors (Lipinski definition) is 4. The van der Waals surface area contributed by atoms with Crippen LogP contribution in [-0.2, 0) is 0 Å². The Labute approximate surface area is 98.4 Å². The fourth-order valence-electron chi connectivity index (χ4n) is 1.58. The van der Waals surface area contributed by atoms with Crippen LogP contribution in [0.3, 0.4) is 0 Å². The Morgan fingerprint density at radius 1 is 1.24 bits per heavy atom. The second-order valence-corrected chi connectivity index (χ2v) is 3.99. The third-order valence-electron chi connectivity index (χ3n) is 2.74. The van der Waals surface area contributed by atoms with Crippen molar-refractivity contribution in [3.8, 4) is 0 Å². The van der Waals surface area contributed by atoms with Crippen molar-refractivity contribution in [3.05, 3.63) is 28.2 Å². The molecule has 2 aromatic heterocycles. The van der Waals surface area contributed by atoms with E-state index in [2.05, 4.69) is 20.7 Å². The van der Waals surface area contributed by atoms with Gasteiger partial charge in [0.2, 0.25) is 5.88 Å². The molecule has 2 N–H and O–H groups in total. The normalized spacial score (nSPS) is 10.6. The van der Waals surface area contributed by atoms with Gasteiger partial charge in [0.05, 0.1) is 17.0 Å². The highest BCUT2D eigenvalue weighted by atomic mass is 16.5. The Kier molecular flexibility index (Phi) is 2.71. The summed E-state index contributed by atoms with van der Waals surface area (Å²) in [6.45, 7) is 7.24. The highest BCUT2D eigenvalue weighted by molar-refractivity contribution is 6.05. The topological polar surface area (TPSA) is 83.8 Å². The average Bonchev–Trinajstić information content (AvgIpc) is 2.76. The summed E-state index contributed by atoms with van der Waals surface area (Å²) in [6, 6.07) is 0. The summed E-state index contributed by atoms with van der Waals surface area (Å²) < 4.78 is 5.03. The molecule has 2 rings (SSSR count). The van der Waals surface area contributed by atoms with E-state index in [-0.39, 0.29) is 5.91 Å². The molecule has 0 saturated heterocycles. The van der Waals surface area contributed by atoms with Crippen LogP contribution in [0.5, 0.6) is 0 Å². The average molecular weight is 234 g/mol. The Morgan fingerprint density at radius 3 is 2.41 bits per heavy atom. The van der Waals surface area contributed by atoms with E-state index in [1.807, 2.05) is 13.8 Å². The van der Waals surface area contributed by atoms with Crippen molar-refractivity contribution < 1.29 is 9.32 Å². The van der Waals surface area contributed by atoms with E-state index >= 15 is 0 Å². The first kappa shape index (κ1) is 11.4. The van der Waals surface area contributed by atoms with Gasteiger partial charge in [-0.25, -0.2) is 0 Å². The molecule has 0 aliphatic heterocycles. The quantitative estimate of drug-likeness (QED) is 0.831. The highest BCUT2D eigenvalue weighted by Crippen LogP contribution is 2.19. The number of carbonyl (C=O) groups excluding carboxylic acids is 1. The number of hydrogen-bond donors (Lipinski definition) is 2. The summed E-state index contributed by atoms with van der Waals surface area (Å²) in [5.74, 6) is 0.139. The van der Waals surface area contributed by atoms with E-state index in [9.17, 15) is 4.79 Å². The van der Waals surface area contributed by atoms with Crippen LogP contribution in [0.15, 0.2) is 4.52 Å². The number of aromatic amines is 1. The number of aryl methyl sites for hydroxylation is 3. The predicted molar refractivity (Wildman–Crippen MR) is 62.0 cm³/mol. The maximum absolute atomic E-state index is 12.0. The van der Waals surface area contributed by atoms with Gasteiger partial charge in [-0.15, -0.1) is 0 Å². The fourth-order valence-corrected chi connectivity index (χ4v) is 1.58. The minimum Gasteiger partial charge on any atom is -0.338 e. The summed E-state index contributed by atoms with van der Waals surface area (Å²) in [5, 5.41) is 13.2. The lowest BCUT2D eigenvalue weighted by atomic mass is 10.2. The van der Waals surface area contributed by atoms with E-state index in [0.717, 1.165) is 17.0 Å². The van der Waals surface area contributed by atoms with Gasteiger partial charge in [-0.3, -0.25) is 15.2 Å². The molecule has 0 saturated carbocycles. The highest BCUT2D eigenvalue weighted by Gasteiger charge is 2.18. The summed E-state index contributed by atoms with van der Waals surface area (Å²) in [7, 11) is 0. The molecule has 1 amide bonds. The van der Waals surface area contributed by atoms with Crippen LogP contribution >= 0.6 is 0 Å². The smallest absolute Gasteiger partial charge is 0.261 e. The summed E-state index contributed by atoms with van der Waals surface area (Å²) in [6.07, 6.45) is 0. The third-order valence-corrected chi connectivity index (χ3v) is 2.74. The molecule has 0 unspecified atom stereocenters. The number of anilines is 1. The first-order valence-corrected chi connectivity index (χ1v) is 5.26. The molecule has 2 aromatic rings. The van der Waals surface area contributed by atoms with Gasteiger partial charge in [0, 0.05) is 11.3 Å². The Morgan fingerprint density at radius 2 is 1.94 bits per heavy atom. The van der Waals surface area contributed by atoms with Crippen LogP contribution in [0, 0.1) is 27.7 Å². The molecule has 0 radical (unpaired) electrons. The monoisotopic (exact) mass is 234 g/mol. The van der Waals surface area contributed by atoms with Gasteiger partial charge < -0.3 is 4.52 Å². The molecule has 0 fully saturated rings. The number of H-pyrrole nitrogens is 1. The van der Waals surface area contributed by atoms with Crippen LogP contribution in [-0.4, -0.2) is 21.3 Å². The van der Waals surface area contributed by atoms with Crippen LogP contribution in [0.1, 0.15) is 33.0 Å². The molecule has 6 nitrogen and oxygen atoms in total. The zero-order chi connectivity index (χ0) is 12.6. The van der Waals surface area contributed by atoms with Crippen molar-refractivity contribution in [2.75, 3.05) is 5.32 Å². The predicted octanol–water partition coefficient (Wildman–Crippen LogP) is 1.88. The van der Waals surface area contributed by atoms with Crippen LogP contribution in [0.25, 0.3) is 0 Å². The Balaban J connectivity index is 2.26. The minimum absolute atomic E-state index is 0.243. The molecular weight excluding hydrogens is 220 g/mol. The largest absolute Gasteiger partial charge is 0.338 e. The number of aromatic nitrogens is 3. The van der Waals surface area contributed by atoms with Gasteiger partial charge in [0.25, 0.3) is 5.91 Å². The van der Waals surface area contributed by atoms with Crippen molar-refractivity contribution >= 4 is 11.8 Å². The van der Waals surface area contributed by atoms with E-state index in [1.165, 1.54) is 0 Å². The number of rotatable bonds is 2. The van der Waals surface area contributed by atoms with Crippen molar-refractivity contribution in [2.45, 2.75) is 27.7 Å². The molecule has 0 aliphatic rings. The van der Waals surface area contributed by atoms with Crippen LogP contribution < -0.4 is 5.32 Å². The van der Waals surface area contributed by atoms with Crippen molar-refractivity contribution in [3.63, 3.8) is 0 Å². The Hall–Kier alpha value is -2.11. The lowest BCUT2D eigenvalue weighted by Gasteiger charge is -2.02. The van der Waals surface area contributed by atoms with Gasteiger partial charge in [-0.2, -0.15) is 5.10 Å². The van der Waals surface area contributed by atoms with Crippen LogP contribution in [0.2, 0.25) is 0 Å². The summed E-state index contributed by atoms with van der Waals surface area (Å²) >= 11 is 0. The molecule has 0 aliphatic carbocycles. The Bertz CT molecular complexity index is 549. The van der Waals surface area contributed by atoms with Crippen molar-refractivity contribution in [1.82, 2.24) is 15.4 Å².